The molecule has 18 heavy (non-hydrogen) atoms. The molecule has 0 radical (unpaired) electrons. The van der Waals surface area contributed by atoms with Crippen LogP contribution in [0.25, 0.3) is 0 Å². The Bertz CT molecular complexity index is 426. The topological polar surface area (TPSA) is 15.3 Å². The van der Waals surface area contributed by atoms with E-state index in [1.54, 1.807) is 0 Å². The summed E-state index contributed by atoms with van der Waals surface area (Å²) in [6, 6.07) is 8.73. The third-order valence-corrected chi connectivity index (χ3v) is 4.82. The molecule has 2 nitrogen and oxygen atoms in total. The Morgan fingerprint density at radius 2 is 2.00 bits per heavy atom. The third-order valence-electron chi connectivity index (χ3n) is 4.50. The lowest BCUT2D eigenvalue weighted by Gasteiger charge is -2.46. The Labute approximate surface area is 114 Å². The van der Waals surface area contributed by atoms with E-state index in [4.69, 9.17) is 11.6 Å². The van der Waals surface area contributed by atoms with Gasteiger partial charge in [-0.3, -0.25) is 0 Å². The molecule has 1 spiro atoms. The largest absolute Gasteiger partial charge is 0.364 e. The van der Waals surface area contributed by atoms with E-state index in [2.05, 4.69) is 29.3 Å². The first-order valence-electron chi connectivity index (χ1n) is 6.96. The predicted octanol–water partition coefficient (Wildman–Crippen LogP) is 3.45. The number of halogens is 1. The second-order valence-electron chi connectivity index (χ2n) is 5.80. The van der Waals surface area contributed by atoms with Gasteiger partial charge in [0.15, 0.2) is 0 Å². The number of rotatable bonds is 1. The average molecular weight is 265 g/mol. The SMILES string of the molecule is CC1CNC2(CCCC2)CN1c1ccccc1Cl. The van der Waals surface area contributed by atoms with Gasteiger partial charge in [-0.2, -0.15) is 0 Å². The summed E-state index contributed by atoms with van der Waals surface area (Å²) < 4.78 is 0. The summed E-state index contributed by atoms with van der Waals surface area (Å²) >= 11 is 6.36. The fourth-order valence-corrected chi connectivity index (χ4v) is 3.65. The molecule has 3 heteroatoms. The maximum absolute atomic E-state index is 6.36. The van der Waals surface area contributed by atoms with E-state index in [-0.39, 0.29) is 0 Å². The van der Waals surface area contributed by atoms with Crippen LogP contribution in [-0.4, -0.2) is 24.7 Å². The molecule has 0 amide bonds. The van der Waals surface area contributed by atoms with Gasteiger partial charge in [-0.1, -0.05) is 36.6 Å². The maximum atomic E-state index is 6.36. The quantitative estimate of drug-likeness (QED) is 0.836. The van der Waals surface area contributed by atoms with Crippen LogP contribution < -0.4 is 10.2 Å². The Morgan fingerprint density at radius 3 is 2.72 bits per heavy atom. The lowest BCUT2D eigenvalue weighted by Crippen LogP contribution is -2.62. The number of para-hydroxylation sites is 1. The molecule has 1 saturated carbocycles. The molecular weight excluding hydrogens is 244 g/mol. The van der Waals surface area contributed by atoms with Gasteiger partial charge in [0.25, 0.3) is 0 Å². The summed E-state index contributed by atoms with van der Waals surface area (Å²) in [5.41, 5.74) is 1.53. The zero-order chi connectivity index (χ0) is 12.6. The van der Waals surface area contributed by atoms with Crippen LogP contribution in [-0.2, 0) is 0 Å². The van der Waals surface area contributed by atoms with Crippen LogP contribution in [0.2, 0.25) is 5.02 Å². The van der Waals surface area contributed by atoms with Crippen molar-refractivity contribution in [1.82, 2.24) is 5.32 Å². The number of benzene rings is 1. The van der Waals surface area contributed by atoms with Crippen molar-refractivity contribution in [2.45, 2.75) is 44.2 Å². The molecule has 1 aliphatic carbocycles. The van der Waals surface area contributed by atoms with Gasteiger partial charge >= 0.3 is 0 Å². The predicted molar refractivity (Wildman–Crippen MR) is 77.5 cm³/mol. The van der Waals surface area contributed by atoms with Gasteiger partial charge in [0, 0.05) is 24.7 Å². The standard InChI is InChI=1S/C15H21ClN2/c1-12-10-17-15(8-4-5-9-15)11-18(12)14-7-3-2-6-13(14)16/h2-3,6-7,12,17H,4-5,8-11H2,1H3. The smallest absolute Gasteiger partial charge is 0.0639 e. The van der Waals surface area contributed by atoms with Crippen molar-refractivity contribution < 1.29 is 0 Å². The van der Waals surface area contributed by atoms with Crippen LogP contribution in [0, 0.1) is 0 Å². The minimum absolute atomic E-state index is 0.339. The summed E-state index contributed by atoms with van der Waals surface area (Å²) in [6.07, 6.45) is 5.33. The van der Waals surface area contributed by atoms with Crippen LogP contribution in [0.1, 0.15) is 32.6 Å². The van der Waals surface area contributed by atoms with E-state index >= 15 is 0 Å². The number of hydrogen-bond donors (Lipinski definition) is 1. The Hall–Kier alpha value is -0.730. The van der Waals surface area contributed by atoms with Crippen molar-refractivity contribution in [3.8, 4) is 0 Å². The van der Waals surface area contributed by atoms with E-state index in [0.29, 0.717) is 11.6 Å². The molecule has 0 aromatic heterocycles. The van der Waals surface area contributed by atoms with Gasteiger partial charge in [-0.25, -0.2) is 0 Å². The molecule has 2 aliphatic rings. The highest BCUT2D eigenvalue weighted by molar-refractivity contribution is 6.33. The monoisotopic (exact) mass is 264 g/mol. The van der Waals surface area contributed by atoms with Crippen molar-refractivity contribution >= 4 is 17.3 Å². The van der Waals surface area contributed by atoms with Gasteiger partial charge in [0.1, 0.15) is 0 Å². The van der Waals surface area contributed by atoms with Crippen molar-refractivity contribution in [3.63, 3.8) is 0 Å². The van der Waals surface area contributed by atoms with Crippen LogP contribution in [0.15, 0.2) is 24.3 Å². The molecule has 1 unspecified atom stereocenters. The normalized spacial score (nSPS) is 26.8. The minimum atomic E-state index is 0.339. The second kappa shape index (κ2) is 4.75. The van der Waals surface area contributed by atoms with Crippen molar-refractivity contribution in [2.75, 3.05) is 18.0 Å². The summed E-state index contributed by atoms with van der Waals surface area (Å²) in [5, 5.41) is 4.65. The van der Waals surface area contributed by atoms with E-state index in [9.17, 15) is 0 Å². The highest BCUT2D eigenvalue weighted by Crippen LogP contribution is 2.36. The van der Waals surface area contributed by atoms with E-state index in [0.717, 1.165) is 18.1 Å². The lowest BCUT2D eigenvalue weighted by atomic mass is 9.92. The number of nitrogens with one attached hydrogen (secondary N) is 1. The van der Waals surface area contributed by atoms with Crippen LogP contribution >= 0.6 is 11.6 Å². The maximum Gasteiger partial charge on any atom is 0.0639 e. The lowest BCUT2D eigenvalue weighted by molar-refractivity contribution is 0.276. The van der Waals surface area contributed by atoms with E-state index < -0.39 is 0 Å². The molecule has 1 heterocycles. The molecule has 1 N–H and O–H groups in total. The fourth-order valence-electron chi connectivity index (χ4n) is 3.41. The van der Waals surface area contributed by atoms with Gasteiger partial charge in [-0.05, 0) is 31.9 Å². The van der Waals surface area contributed by atoms with Gasteiger partial charge in [0.05, 0.1) is 10.7 Å². The Morgan fingerprint density at radius 1 is 1.28 bits per heavy atom. The first-order chi connectivity index (χ1) is 8.70. The fraction of sp³-hybridized carbons (Fsp3) is 0.600. The van der Waals surface area contributed by atoms with Crippen LogP contribution in [0.5, 0.6) is 0 Å². The van der Waals surface area contributed by atoms with Crippen molar-refractivity contribution in [1.29, 1.82) is 0 Å². The zero-order valence-electron chi connectivity index (χ0n) is 11.0. The van der Waals surface area contributed by atoms with Crippen molar-refractivity contribution in [3.05, 3.63) is 29.3 Å². The average Bonchev–Trinajstić information content (AvgIpc) is 2.82. The summed E-state index contributed by atoms with van der Waals surface area (Å²) in [5.74, 6) is 0. The Balaban J connectivity index is 1.88. The number of piperazine rings is 1. The Kier molecular flexibility index (Phi) is 3.25. The molecule has 2 fully saturated rings. The van der Waals surface area contributed by atoms with E-state index in [1.807, 2.05) is 12.1 Å². The van der Waals surface area contributed by atoms with Crippen LogP contribution in [0.4, 0.5) is 5.69 Å². The van der Waals surface area contributed by atoms with Gasteiger partial charge in [-0.15, -0.1) is 0 Å². The summed E-state index contributed by atoms with van der Waals surface area (Å²) in [6.45, 7) is 4.43. The second-order valence-corrected chi connectivity index (χ2v) is 6.20. The molecular formula is C15H21ClN2. The van der Waals surface area contributed by atoms with Crippen molar-refractivity contribution in [2.24, 2.45) is 0 Å². The molecule has 1 aromatic carbocycles. The number of nitrogens with zero attached hydrogens (tertiary/aromatic N) is 1. The molecule has 98 valence electrons. The first-order valence-corrected chi connectivity index (χ1v) is 7.34. The summed E-state index contributed by atoms with van der Waals surface area (Å²) in [7, 11) is 0. The van der Waals surface area contributed by atoms with Gasteiger partial charge < -0.3 is 10.2 Å². The number of anilines is 1. The molecule has 1 saturated heterocycles. The molecule has 3 rings (SSSR count). The summed E-state index contributed by atoms with van der Waals surface area (Å²) in [4.78, 5) is 2.49. The third kappa shape index (κ3) is 2.12. The van der Waals surface area contributed by atoms with Gasteiger partial charge in [0.2, 0.25) is 0 Å². The highest BCUT2D eigenvalue weighted by Gasteiger charge is 2.40. The highest BCUT2D eigenvalue weighted by atomic mass is 35.5. The van der Waals surface area contributed by atoms with E-state index in [1.165, 1.54) is 31.4 Å². The molecule has 1 aliphatic heterocycles. The van der Waals surface area contributed by atoms with Crippen LogP contribution in [0.3, 0.4) is 0 Å². The minimum Gasteiger partial charge on any atom is -0.364 e. The number of hydrogen-bond acceptors (Lipinski definition) is 2. The molecule has 1 aromatic rings. The first kappa shape index (κ1) is 12.3. The zero-order valence-corrected chi connectivity index (χ0v) is 11.7. The molecule has 0 bridgehead atoms. The molecule has 1 atom stereocenters.